The van der Waals surface area contributed by atoms with E-state index in [-0.39, 0.29) is 18.4 Å². The molecule has 2 amide bonds. The molecule has 1 aromatic carbocycles. The van der Waals surface area contributed by atoms with E-state index in [0.29, 0.717) is 43.7 Å². The number of rotatable bonds is 6. The molecule has 0 bridgehead atoms. The minimum absolute atomic E-state index is 0.00972. The molecule has 2 fully saturated rings. The van der Waals surface area contributed by atoms with Crippen LogP contribution >= 0.6 is 0 Å². The van der Waals surface area contributed by atoms with Gasteiger partial charge in [-0.2, -0.15) is 4.98 Å². The molecule has 4 rings (SSSR count). The third kappa shape index (κ3) is 5.75. The second kappa shape index (κ2) is 10.4. The van der Waals surface area contributed by atoms with Crippen molar-refractivity contribution in [1.29, 1.82) is 0 Å². The van der Waals surface area contributed by atoms with Crippen molar-refractivity contribution in [3.8, 4) is 0 Å². The number of hydrogen-bond acceptors (Lipinski definition) is 6. The number of aromatic nitrogens is 2. The zero-order chi connectivity index (χ0) is 22.3. The van der Waals surface area contributed by atoms with Gasteiger partial charge in [-0.3, -0.25) is 9.59 Å². The summed E-state index contributed by atoms with van der Waals surface area (Å²) in [6.45, 7) is 4.63. The van der Waals surface area contributed by atoms with Gasteiger partial charge < -0.3 is 20.4 Å². The number of piperazine rings is 1. The van der Waals surface area contributed by atoms with Crippen LogP contribution < -0.4 is 15.5 Å². The van der Waals surface area contributed by atoms with Crippen LogP contribution in [-0.2, 0) is 4.79 Å². The van der Waals surface area contributed by atoms with Crippen molar-refractivity contribution in [2.24, 2.45) is 0 Å². The molecule has 1 aliphatic heterocycles. The first kappa shape index (κ1) is 22.0. The van der Waals surface area contributed by atoms with Crippen LogP contribution in [0.25, 0.3) is 0 Å². The Labute approximate surface area is 189 Å². The van der Waals surface area contributed by atoms with Gasteiger partial charge in [-0.25, -0.2) is 4.98 Å². The lowest BCUT2D eigenvalue weighted by molar-refractivity contribution is -0.130. The standard InChI is InChI=1S/C24H32N6O2/c1-18-16-21(28-24(26-18)27-20-10-6-3-7-11-20)29-12-14-30(15-13-29)22(31)17-25-23(32)19-8-4-2-5-9-19/h2,4-5,8-9,16,20H,3,6-7,10-15,17H2,1H3,(H,25,32)(H,26,27,28). The van der Waals surface area contributed by atoms with E-state index in [1.807, 2.05) is 19.1 Å². The largest absolute Gasteiger partial charge is 0.353 e. The second-order valence-electron chi connectivity index (χ2n) is 8.59. The van der Waals surface area contributed by atoms with E-state index in [0.717, 1.165) is 11.5 Å². The summed E-state index contributed by atoms with van der Waals surface area (Å²) < 4.78 is 0. The van der Waals surface area contributed by atoms with Crippen LogP contribution in [-0.4, -0.2) is 65.4 Å². The highest BCUT2D eigenvalue weighted by Crippen LogP contribution is 2.22. The van der Waals surface area contributed by atoms with E-state index in [4.69, 9.17) is 4.98 Å². The molecule has 0 unspecified atom stereocenters. The molecule has 170 valence electrons. The molecule has 0 radical (unpaired) electrons. The van der Waals surface area contributed by atoms with Gasteiger partial charge in [0, 0.05) is 49.5 Å². The lowest BCUT2D eigenvalue weighted by atomic mass is 9.96. The summed E-state index contributed by atoms with van der Waals surface area (Å²) in [6.07, 6.45) is 6.19. The molecule has 1 aromatic heterocycles. The fourth-order valence-electron chi connectivity index (χ4n) is 4.35. The molecule has 1 aliphatic carbocycles. The van der Waals surface area contributed by atoms with E-state index in [9.17, 15) is 9.59 Å². The molecular formula is C24H32N6O2. The van der Waals surface area contributed by atoms with Crippen LogP contribution in [0.1, 0.15) is 48.2 Å². The number of nitrogens with zero attached hydrogens (tertiary/aromatic N) is 4. The molecule has 0 atom stereocenters. The topological polar surface area (TPSA) is 90.5 Å². The zero-order valence-corrected chi connectivity index (χ0v) is 18.7. The summed E-state index contributed by atoms with van der Waals surface area (Å²) in [6, 6.07) is 11.4. The highest BCUT2D eigenvalue weighted by atomic mass is 16.2. The van der Waals surface area contributed by atoms with Crippen molar-refractivity contribution >= 4 is 23.6 Å². The summed E-state index contributed by atoms with van der Waals surface area (Å²) in [5, 5.41) is 6.24. The Morgan fingerprint density at radius 3 is 2.44 bits per heavy atom. The van der Waals surface area contributed by atoms with Gasteiger partial charge in [-0.15, -0.1) is 0 Å². The number of hydrogen-bond donors (Lipinski definition) is 2. The molecule has 32 heavy (non-hydrogen) atoms. The van der Waals surface area contributed by atoms with Gasteiger partial charge >= 0.3 is 0 Å². The third-order valence-corrected chi connectivity index (χ3v) is 6.17. The lowest BCUT2D eigenvalue weighted by Gasteiger charge is -2.35. The molecule has 2 aliphatic rings. The van der Waals surface area contributed by atoms with Crippen molar-refractivity contribution in [2.45, 2.75) is 45.1 Å². The first-order valence-electron chi connectivity index (χ1n) is 11.6. The van der Waals surface area contributed by atoms with Crippen LogP contribution in [0.4, 0.5) is 11.8 Å². The Morgan fingerprint density at radius 1 is 1.00 bits per heavy atom. The van der Waals surface area contributed by atoms with Crippen LogP contribution in [0.3, 0.4) is 0 Å². The Hall–Kier alpha value is -3.16. The normalized spacial score (nSPS) is 17.2. The molecular weight excluding hydrogens is 404 g/mol. The predicted octanol–water partition coefficient (Wildman–Crippen LogP) is 2.61. The fourth-order valence-corrected chi connectivity index (χ4v) is 4.35. The fraction of sp³-hybridized carbons (Fsp3) is 0.500. The zero-order valence-electron chi connectivity index (χ0n) is 18.7. The van der Waals surface area contributed by atoms with Gasteiger partial charge in [0.25, 0.3) is 5.91 Å². The summed E-state index contributed by atoms with van der Waals surface area (Å²) in [5.41, 5.74) is 1.50. The van der Waals surface area contributed by atoms with Crippen molar-refractivity contribution in [1.82, 2.24) is 20.2 Å². The second-order valence-corrected chi connectivity index (χ2v) is 8.59. The number of amides is 2. The Morgan fingerprint density at radius 2 is 1.72 bits per heavy atom. The molecule has 2 N–H and O–H groups in total. The summed E-state index contributed by atoms with van der Waals surface area (Å²) >= 11 is 0. The van der Waals surface area contributed by atoms with Crippen molar-refractivity contribution in [3.05, 3.63) is 47.7 Å². The quantitative estimate of drug-likeness (QED) is 0.724. The number of benzene rings is 1. The average Bonchev–Trinajstić information content (AvgIpc) is 2.83. The first-order chi connectivity index (χ1) is 15.6. The third-order valence-electron chi connectivity index (χ3n) is 6.17. The van der Waals surface area contributed by atoms with E-state index in [1.165, 1.54) is 32.1 Å². The smallest absolute Gasteiger partial charge is 0.251 e. The maximum atomic E-state index is 12.6. The maximum absolute atomic E-state index is 12.6. The van der Waals surface area contributed by atoms with Crippen LogP contribution in [0.15, 0.2) is 36.4 Å². The van der Waals surface area contributed by atoms with Gasteiger partial charge in [-0.1, -0.05) is 37.5 Å². The van der Waals surface area contributed by atoms with Gasteiger partial charge in [0.05, 0.1) is 6.54 Å². The van der Waals surface area contributed by atoms with E-state index < -0.39 is 0 Å². The van der Waals surface area contributed by atoms with Crippen LogP contribution in [0, 0.1) is 6.92 Å². The Bertz CT molecular complexity index is 921. The van der Waals surface area contributed by atoms with E-state index in [2.05, 4.69) is 20.5 Å². The molecule has 2 aromatic rings. The molecule has 8 nitrogen and oxygen atoms in total. The summed E-state index contributed by atoms with van der Waals surface area (Å²) in [4.78, 5) is 38.1. The van der Waals surface area contributed by atoms with Gasteiger partial charge in [-0.05, 0) is 31.9 Å². The SMILES string of the molecule is Cc1cc(N2CCN(C(=O)CNC(=O)c3ccccc3)CC2)nc(NC2CCCCC2)n1. The van der Waals surface area contributed by atoms with Gasteiger partial charge in [0.2, 0.25) is 11.9 Å². The molecule has 1 saturated heterocycles. The number of anilines is 2. The van der Waals surface area contributed by atoms with Gasteiger partial charge in [0.1, 0.15) is 5.82 Å². The molecule has 2 heterocycles. The number of carbonyl (C=O) groups excluding carboxylic acids is 2. The predicted molar refractivity (Wildman–Crippen MR) is 125 cm³/mol. The van der Waals surface area contributed by atoms with Crippen LogP contribution in [0.5, 0.6) is 0 Å². The summed E-state index contributed by atoms with van der Waals surface area (Å²) in [7, 11) is 0. The van der Waals surface area contributed by atoms with Crippen molar-refractivity contribution < 1.29 is 9.59 Å². The monoisotopic (exact) mass is 436 g/mol. The first-order valence-corrected chi connectivity index (χ1v) is 11.6. The number of aryl methyl sites for hydroxylation is 1. The summed E-state index contributed by atoms with van der Waals surface area (Å²) in [5.74, 6) is 1.31. The highest BCUT2D eigenvalue weighted by molar-refractivity contribution is 5.96. The highest BCUT2D eigenvalue weighted by Gasteiger charge is 2.23. The average molecular weight is 437 g/mol. The Kier molecular flexibility index (Phi) is 7.19. The van der Waals surface area contributed by atoms with E-state index >= 15 is 0 Å². The van der Waals surface area contributed by atoms with Crippen molar-refractivity contribution in [3.63, 3.8) is 0 Å². The Balaban J connectivity index is 1.28. The van der Waals surface area contributed by atoms with Crippen LogP contribution in [0.2, 0.25) is 0 Å². The maximum Gasteiger partial charge on any atom is 0.251 e. The molecule has 0 spiro atoms. The molecule has 1 saturated carbocycles. The minimum Gasteiger partial charge on any atom is -0.353 e. The number of nitrogens with one attached hydrogen (secondary N) is 2. The van der Waals surface area contributed by atoms with E-state index in [1.54, 1.807) is 29.2 Å². The van der Waals surface area contributed by atoms with Crippen molar-refractivity contribution in [2.75, 3.05) is 42.9 Å². The minimum atomic E-state index is -0.230. The van der Waals surface area contributed by atoms with Gasteiger partial charge in [0.15, 0.2) is 0 Å². The molecule has 8 heteroatoms. The number of carbonyl (C=O) groups is 2. The lowest BCUT2D eigenvalue weighted by Crippen LogP contribution is -2.51.